The lowest BCUT2D eigenvalue weighted by Gasteiger charge is -2.21. The summed E-state index contributed by atoms with van der Waals surface area (Å²) < 4.78 is 5.67. The highest BCUT2D eigenvalue weighted by Gasteiger charge is 2.26. The maximum absolute atomic E-state index is 13.0. The number of benzene rings is 2. The number of fused-ring (bicyclic) bond motifs is 1. The van der Waals surface area contributed by atoms with Gasteiger partial charge in [0.25, 0.3) is 5.91 Å². The quantitative estimate of drug-likeness (QED) is 0.632. The van der Waals surface area contributed by atoms with Crippen LogP contribution in [0.25, 0.3) is 0 Å². The SMILES string of the molecule is O=C(CSc1ccccc1C(=O)NC1COc2ccccc21)NC1CCCCCCC1. The van der Waals surface area contributed by atoms with Gasteiger partial charge in [0.05, 0.1) is 17.4 Å². The highest BCUT2D eigenvalue weighted by Crippen LogP contribution is 2.32. The molecule has 2 aromatic carbocycles. The smallest absolute Gasteiger partial charge is 0.253 e. The minimum atomic E-state index is -0.163. The van der Waals surface area contributed by atoms with Crippen LogP contribution in [-0.4, -0.2) is 30.2 Å². The second kappa shape index (κ2) is 10.7. The molecule has 2 N–H and O–H groups in total. The van der Waals surface area contributed by atoms with Crippen molar-refractivity contribution >= 4 is 23.6 Å². The van der Waals surface area contributed by atoms with E-state index < -0.39 is 0 Å². The third-order valence-electron chi connectivity index (χ3n) is 5.97. The summed E-state index contributed by atoms with van der Waals surface area (Å²) in [5, 5.41) is 6.28. The Morgan fingerprint density at radius 2 is 1.61 bits per heavy atom. The number of ether oxygens (including phenoxy) is 1. The van der Waals surface area contributed by atoms with Crippen molar-refractivity contribution in [2.45, 2.75) is 61.9 Å². The fraction of sp³-hybridized carbons (Fsp3) is 0.440. The Morgan fingerprint density at radius 1 is 0.903 bits per heavy atom. The molecule has 1 fully saturated rings. The molecule has 31 heavy (non-hydrogen) atoms. The van der Waals surface area contributed by atoms with Gasteiger partial charge in [0.2, 0.25) is 5.91 Å². The minimum absolute atomic E-state index is 0.0453. The maximum Gasteiger partial charge on any atom is 0.253 e. The highest BCUT2D eigenvalue weighted by molar-refractivity contribution is 8.00. The van der Waals surface area contributed by atoms with Gasteiger partial charge in [-0.2, -0.15) is 0 Å². The molecule has 1 saturated carbocycles. The van der Waals surface area contributed by atoms with Gasteiger partial charge in [0, 0.05) is 16.5 Å². The number of hydrogen-bond donors (Lipinski definition) is 2. The van der Waals surface area contributed by atoms with Gasteiger partial charge in [-0.05, 0) is 31.0 Å². The van der Waals surface area contributed by atoms with Crippen LogP contribution in [-0.2, 0) is 4.79 Å². The van der Waals surface area contributed by atoms with Crippen LogP contribution < -0.4 is 15.4 Å². The van der Waals surface area contributed by atoms with Gasteiger partial charge in [-0.1, -0.05) is 62.4 Å². The van der Waals surface area contributed by atoms with Crippen molar-refractivity contribution in [1.29, 1.82) is 0 Å². The first kappa shape index (κ1) is 21.8. The number of thioether (sulfide) groups is 1. The number of amides is 2. The number of carbonyl (C=O) groups excluding carboxylic acids is 2. The molecule has 0 spiro atoms. The van der Waals surface area contributed by atoms with Gasteiger partial charge in [-0.25, -0.2) is 0 Å². The van der Waals surface area contributed by atoms with Crippen molar-refractivity contribution in [2.24, 2.45) is 0 Å². The summed E-state index contributed by atoms with van der Waals surface area (Å²) in [4.78, 5) is 26.3. The Hall–Kier alpha value is -2.47. The second-order valence-electron chi connectivity index (χ2n) is 8.27. The topological polar surface area (TPSA) is 67.4 Å². The van der Waals surface area contributed by atoms with Gasteiger partial charge in [0.15, 0.2) is 0 Å². The van der Waals surface area contributed by atoms with Crippen molar-refractivity contribution < 1.29 is 14.3 Å². The third-order valence-corrected chi connectivity index (χ3v) is 7.04. The van der Waals surface area contributed by atoms with E-state index in [9.17, 15) is 9.59 Å². The highest BCUT2D eigenvalue weighted by atomic mass is 32.2. The van der Waals surface area contributed by atoms with E-state index in [0.717, 1.165) is 29.1 Å². The van der Waals surface area contributed by atoms with Crippen molar-refractivity contribution in [3.05, 3.63) is 59.7 Å². The molecule has 1 aliphatic carbocycles. The van der Waals surface area contributed by atoms with E-state index in [1.165, 1.54) is 43.9 Å². The largest absolute Gasteiger partial charge is 0.491 e. The minimum Gasteiger partial charge on any atom is -0.491 e. The summed E-state index contributed by atoms with van der Waals surface area (Å²) in [5.41, 5.74) is 1.59. The number of hydrogen-bond acceptors (Lipinski definition) is 4. The van der Waals surface area contributed by atoms with Gasteiger partial charge in [0.1, 0.15) is 12.4 Å². The van der Waals surface area contributed by atoms with E-state index in [4.69, 9.17) is 4.74 Å². The lowest BCUT2D eigenvalue weighted by atomic mass is 9.97. The molecular formula is C25H30N2O3S. The first-order valence-corrected chi connectivity index (χ1v) is 12.2. The Morgan fingerprint density at radius 3 is 2.45 bits per heavy atom. The zero-order valence-electron chi connectivity index (χ0n) is 17.8. The zero-order valence-corrected chi connectivity index (χ0v) is 18.6. The molecule has 1 unspecified atom stereocenters. The van der Waals surface area contributed by atoms with Crippen LogP contribution in [0.4, 0.5) is 0 Å². The number of nitrogens with one attached hydrogen (secondary N) is 2. The molecule has 2 aliphatic rings. The lowest BCUT2D eigenvalue weighted by Crippen LogP contribution is -2.36. The molecule has 1 atom stereocenters. The molecule has 5 nitrogen and oxygen atoms in total. The van der Waals surface area contributed by atoms with E-state index in [-0.39, 0.29) is 23.9 Å². The molecule has 0 radical (unpaired) electrons. The van der Waals surface area contributed by atoms with Gasteiger partial charge in [-0.15, -0.1) is 11.8 Å². The Bertz CT molecular complexity index is 909. The number of carbonyl (C=O) groups is 2. The summed E-state index contributed by atoms with van der Waals surface area (Å²) in [7, 11) is 0. The first-order chi connectivity index (χ1) is 15.2. The van der Waals surface area contributed by atoms with Crippen LogP contribution >= 0.6 is 11.8 Å². The molecular weight excluding hydrogens is 408 g/mol. The summed E-state index contributed by atoms with van der Waals surface area (Å²) in [6.45, 7) is 0.435. The van der Waals surface area contributed by atoms with Gasteiger partial charge < -0.3 is 15.4 Å². The standard InChI is InChI=1S/C25H30N2O3S/c28-24(26-18-10-4-2-1-3-5-11-18)17-31-23-15-9-7-13-20(23)25(29)27-21-16-30-22-14-8-6-12-19(21)22/h6-9,12-15,18,21H,1-5,10-11,16-17H2,(H,26,28)(H,27,29). The molecule has 164 valence electrons. The van der Waals surface area contributed by atoms with Gasteiger partial charge >= 0.3 is 0 Å². The van der Waals surface area contributed by atoms with E-state index >= 15 is 0 Å². The molecule has 0 aromatic heterocycles. The number of rotatable bonds is 6. The van der Waals surface area contributed by atoms with Crippen LogP contribution in [0.15, 0.2) is 53.4 Å². The van der Waals surface area contributed by atoms with E-state index in [1.54, 1.807) is 0 Å². The molecule has 2 aromatic rings. The Kier molecular flexibility index (Phi) is 7.52. The van der Waals surface area contributed by atoms with Crippen LogP contribution in [0.2, 0.25) is 0 Å². The molecule has 4 rings (SSSR count). The van der Waals surface area contributed by atoms with Crippen LogP contribution in [0.5, 0.6) is 5.75 Å². The molecule has 0 saturated heterocycles. The predicted octanol–water partition coefficient (Wildman–Crippen LogP) is 4.87. The van der Waals surface area contributed by atoms with E-state index in [2.05, 4.69) is 10.6 Å². The van der Waals surface area contributed by atoms with Crippen LogP contribution in [0.3, 0.4) is 0 Å². The summed E-state index contributed by atoms with van der Waals surface area (Å²) in [5.74, 6) is 1.04. The maximum atomic E-state index is 13.0. The predicted molar refractivity (Wildman–Crippen MR) is 124 cm³/mol. The Balaban J connectivity index is 1.34. The molecule has 0 bridgehead atoms. The lowest BCUT2D eigenvalue weighted by molar-refractivity contribution is -0.119. The third kappa shape index (κ3) is 5.82. The first-order valence-electron chi connectivity index (χ1n) is 11.2. The van der Waals surface area contributed by atoms with E-state index in [0.29, 0.717) is 17.9 Å². The second-order valence-corrected chi connectivity index (χ2v) is 9.29. The summed E-state index contributed by atoms with van der Waals surface area (Å²) in [6.07, 6.45) is 8.36. The zero-order chi connectivity index (χ0) is 21.5. The normalized spacial score (nSPS) is 18.9. The monoisotopic (exact) mass is 438 g/mol. The van der Waals surface area contributed by atoms with Crippen LogP contribution in [0, 0.1) is 0 Å². The van der Waals surface area contributed by atoms with Crippen molar-refractivity contribution in [1.82, 2.24) is 10.6 Å². The molecule has 2 amide bonds. The van der Waals surface area contributed by atoms with Crippen molar-refractivity contribution in [2.75, 3.05) is 12.4 Å². The summed E-state index contributed by atoms with van der Waals surface area (Å²) in [6, 6.07) is 15.4. The number of para-hydroxylation sites is 1. The average Bonchev–Trinajstić information content (AvgIpc) is 3.17. The van der Waals surface area contributed by atoms with E-state index in [1.807, 2.05) is 48.5 Å². The van der Waals surface area contributed by atoms with Crippen molar-refractivity contribution in [3.63, 3.8) is 0 Å². The van der Waals surface area contributed by atoms with Crippen LogP contribution in [0.1, 0.15) is 66.9 Å². The fourth-order valence-electron chi connectivity index (χ4n) is 4.31. The summed E-state index contributed by atoms with van der Waals surface area (Å²) >= 11 is 1.42. The Labute approximate surface area is 188 Å². The molecule has 1 aliphatic heterocycles. The molecule has 6 heteroatoms. The molecule has 1 heterocycles. The van der Waals surface area contributed by atoms with Crippen molar-refractivity contribution in [3.8, 4) is 5.75 Å². The van der Waals surface area contributed by atoms with Gasteiger partial charge in [-0.3, -0.25) is 9.59 Å². The fourth-order valence-corrected chi connectivity index (χ4v) is 5.17. The average molecular weight is 439 g/mol.